The molecule has 4 N–H and O–H groups in total. The molecular weight excluding hydrogens is 196 g/mol. The maximum absolute atomic E-state index is 11.6. The normalized spacial score (nSPS) is 15.5. The number of nitrogens with one attached hydrogen (secondary N) is 1. The quantitative estimate of drug-likeness (QED) is 0.631. The number of aliphatic carboxylic acids is 1. The first kappa shape index (κ1) is 13.9. The third-order valence-corrected chi connectivity index (χ3v) is 2.24. The molecule has 1 amide bonds. The number of amides is 1. The average Bonchev–Trinajstić information content (AvgIpc) is 2.10. The summed E-state index contributed by atoms with van der Waals surface area (Å²) in [4.78, 5) is 22.2. The van der Waals surface area contributed by atoms with Crippen LogP contribution in [0.2, 0.25) is 0 Å². The second-order valence-electron chi connectivity index (χ2n) is 4.65. The fraction of sp³-hybridized carbons (Fsp3) is 0.800. The lowest BCUT2D eigenvalue weighted by Gasteiger charge is -2.27. The summed E-state index contributed by atoms with van der Waals surface area (Å²) in [7, 11) is 0. The largest absolute Gasteiger partial charge is 0.480 e. The first-order chi connectivity index (χ1) is 6.70. The number of hydrogen-bond acceptors (Lipinski definition) is 3. The van der Waals surface area contributed by atoms with Gasteiger partial charge in [-0.3, -0.25) is 4.79 Å². The molecule has 0 fully saturated rings. The Morgan fingerprint density at radius 3 is 2.13 bits per heavy atom. The van der Waals surface area contributed by atoms with E-state index in [1.807, 2.05) is 20.8 Å². The van der Waals surface area contributed by atoms with Gasteiger partial charge in [0.2, 0.25) is 5.91 Å². The minimum absolute atomic E-state index is 0.345. The van der Waals surface area contributed by atoms with Gasteiger partial charge >= 0.3 is 5.97 Å². The Morgan fingerprint density at radius 1 is 1.40 bits per heavy atom. The van der Waals surface area contributed by atoms with E-state index in [4.69, 9.17) is 10.8 Å². The van der Waals surface area contributed by atoms with Crippen molar-refractivity contribution >= 4 is 11.9 Å². The Labute approximate surface area is 90.0 Å². The van der Waals surface area contributed by atoms with Gasteiger partial charge < -0.3 is 16.2 Å². The molecule has 0 aromatic carbocycles. The van der Waals surface area contributed by atoms with Gasteiger partial charge in [-0.1, -0.05) is 27.7 Å². The summed E-state index contributed by atoms with van der Waals surface area (Å²) in [5.41, 5.74) is 5.32. The molecule has 0 aliphatic rings. The number of carbonyl (C=O) groups is 2. The van der Waals surface area contributed by atoms with E-state index in [-0.39, 0.29) is 5.41 Å². The van der Waals surface area contributed by atoms with Crippen molar-refractivity contribution in [3.05, 3.63) is 0 Å². The molecule has 0 aromatic rings. The first-order valence-electron chi connectivity index (χ1n) is 4.99. The van der Waals surface area contributed by atoms with Crippen LogP contribution in [0.1, 0.15) is 34.1 Å². The fourth-order valence-electron chi connectivity index (χ4n) is 0.993. The Hall–Kier alpha value is -1.10. The van der Waals surface area contributed by atoms with Crippen molar-refractivity contribution in [1.29, 1.82) is 0 Å². The van der Waals surface area contributed by atoms with Crippen LogP contribution in [0.25, 0.3) is 0 Å². The summed E-state index contributed by atoms with van der Waals surface area (Å²) >= 11 is 0. The second kappa shape index (κ2) is 5.11. The number of carboxylic acids is 1. The molecule has 0 saturated heterocycles. The molecule has 0 bridgehead atoms. The van der Waals surface area contributed by atoms with Crippen LogP contribution in [0.5, 0.6) is 0 Å². The van der Waals surface area contributed by atoms with Crippen molar-refractivity contribution in [2.75, 3.05) is 0 Å². The van der Waals surface area contributed by atoms with Crippen LogP contribution in [0.15, 0.2) is 0 Å². The molecule has 2 atom stereocenters. The van der Waals surface area contributed by atoms with Gasteiger partial charge in [-0.15, -0.1) is 0 Å². The minimum Gasteiger partial charge on any atom is -0.480 e. The number of nitrogens with two attached hydrogens (primary N) is 1. The number of hydrogen-bond donors (Lipinski definition) is 3. The first-order valence-corrected chi connectivity index (χ1v) is 4.99. The predicted molar refractivity (Wildman–Crippen MR) is 57.3 cm³/mol. The highest BCUT2D eigenvalue weighted by Crippen LogP contribution is 2.17. The van der Waals surface area contributed by atoms with Crippen LogP contribution in [-0.2, 0) is 9.59 Å². The van der Waals surface area contributed by atoms with Gasteiger partial charge in [0.1, 0.15) is 6.04 Å². The third-order valence-electron chi connectivity index (χ3n) is 2.24. The lowest BCUT2D eigenvalue weighted by Crippen LogP contribution is -2.53. The molecule has 5 heteroatoms. The van der Waals surface area contributed by atoms with Crippen molar-refractivity contribution < 1.29 is 14.7 Å². The van der Waals surface area contributed by atoms with Crippen molar-refractivity contribution in [2.45, 2.75) is 46.2 Å². The monoisotopic (exact) mass is 216 g/mol. The van der Waals surface area contributed by atoms with Gasteiger partial charge in [-0.05, 0) is 11.8 Å². The lowest BCUT2D eigenvalue weighted by molar-refractivity contribution is -0.142. The molecule has 5 nitrogen and oxygen atoms in total. The topological polar surface area (TPSA) is 92.4 Å². The van der Waals surface area contributed by atoms with E-state index in [9.17, 15) is 9.59 Å². The number of rotatable bonds is 4. The smallest absolute Gasteiger partial charge is 0.326 e. The summed E-state index contributed by atoms with van der Waals surface area (Å²) in [6.07, 6.45) is 0.345. The van der Waals surface area contributed by atoms with Crippen molar-refractivity contribution in [1.82, 2.24) is 5.32 Å². The van der Waals surface area contributed by atoms with Crippen LogP contribution in [0.4, 0.5) is 0 Å². The van der Waals surface area contributed by atoms with Gasteiger partial charge in [0.15, 0.2) is 0 Å². The fourth-order valence-corrected chi connectivity index (χ4v) is 0.993. The van der Waals surface area contributed by atoms with Crippen LogP contribution in [0, 0.1) is 5.41 Å². The summed E-state index contributed by atoms with van der Waals surface area (Å²) in [5, 5.41) is 11.2. The predicted octanol–water partition coefficient (Wildman–Crippen LogP) is 0.339. The Bertz CT molecular complexity index is 246. The van der Waals surface area contributed by atoms with Gasteiger partial charge in [-0.25, -0.2) is 4.79 Å². The zero-order valence-corrected chi connectivity index (χ0v) is 9.70. The highest BCUT2D eigenvalue weighted by Gasteiger charge is 2.29. The molecule has 88 valence electrons. The molecule has 0 unspecified atom stereocenters. The highest BCUT2D eigenvalue weighted by atomic mass is 16.4. The SMILES string of the molecule is CC[C@H](NC(=O)[C@@H](N)C(C)(C)C)C(=O)O. The van der Waals surface area contributed by atoms with Gasteiger partial charge in [0, 0.05) is 0 Å². The second-order valence-corrected chi connectivity index (χ2v) is 4.65. The van der Waals surface area contributed by atoms with Gasteiger partial charge in [0.05, 0.1) is 6.04 Å². The highest BCUT2D eigenvalue weighted by molar-refractivity contribution is 5.87. The van der Waals surface area contributed by atoms with E-state index < -0.39 is 24.0 Å². The lowest BCUT2D eigenvalue weighted by atomic mass is 9.87. The molecule has 0 heterocycles. The number of carboxylic acid groups (broad SMARTS) is 1. The number of carbonyl (C=O) groups excluding carboxylic acids is 1. The third kappa shape index (κ3) is 4.29. The summed E-state index contributed by atoms with van der Waals surface area (Å²) in [6, 6.07) is -1.56. The maximum atomic E-state index is 11.6. The summed E-state index contributed by atoms with van der Waals surface area (Å²) in [6.45, 7) is 7.19. The Balaban J connectivity index is 4.42. The van der Waals surface area contributed by atoms with Crippen molar-refractivity contribution in [3.8, 4) is 0 Å². The molecule has 0 saturated carbocycles. The van der Waals surface area contributed by atoms with E-state index in [1.165, 1.54) is 0 Å². The van der Waals surface area contributed by atoms with E-state index in [0.29, 0.717) is 6.42 Å². The van der Waals surface area contributed by atoms with Crippen LogP contribution in [0.3, 0.4) is 0 Å². The van der Waals surface area contributed by atoms with E-state index in [1.54, 1.807) is 6.92 Å². The summed E-state index contributed by atoms with van der Waals surface area (Å²) < 4.78 is 0. The molecular formula is C10H20N2O3. The van der Waals surface area contributed by atoms with Gasteiger partial charge in [0.25, 0.3) is 0 Å². The zero-order chi connectivity index (χ0) is 12.2. The van der Waals surface area contributed by atoms with Crippen LogP contribution in [-0.4, -0.2) is 29.1 Å². The van der Waals surface area contributed by atoms with E-state index >= 15 is 0 Å². The van der Waals surface area contributed by atoms with E-state index in [2.05, 4.69) is 5.32 Å². The molecule has 0 aliphatic carbocycles. The molecule has 0 radical (unpaired) electrons. The molecule has 0 aliphatic heterocycles. The molecule has 0 spiro atoms. The van der Waals surface area contributed by atoms with Crippen molar-refractivity contribution in [3.63, 3.8) is 0 Å². The van der Waals surface area contributed by atoms with Crippen LogP contribution >= 0.6 is 0 Å². The van der Waals surface area contributed by atoms with Gasteiger partial charge in [-0.2, -0.15) is 0 Å². The standard InChI is InChI=1S/C10H20N2O3/c1-5-6(9(14)15)12-8(13)7(11)10(2,3)4/h6-7H,5,11H2,1-4H3,(H,12,13)(H,14,15)/t6-,7+/m0/s1. The van der Waals surface area contributed by atoms with E-state index in [0.717, 1.165) is 0 Å². The molecule has 0 aromatic heterocycles. The Kier molecular flexibility index (Phi) is 4.74. The minimum atomic E-state index is -1.04. The van der Waals surface area contributed by atoms with Crippen LogP contribution < -0.4 is 11.1 Å². The Morgan fingerprint density at radius 2 is 1.87 bits per heavy atom. The summed E-state index contributed by atoms with van der Waals surface area (Å²) in [5.74, 6) is -1.45. The average molecular weight is 216 g/mol. The molecule has 0 rings (SSSR count). The maximum Gasteiger partial charge on any atom is 0.326 e. The molecule has 15 heavy (non-hydrogen) atoms. The zero-order valence-electron chi connectivity index (χ0n) is 9.70. The van der Waals surface area contributed by atoms with Crippen molar-refractivity contribution in [2.24, 2.45) is 11.1 Å².